The van der Waals surface area contributed by atoms with Crippen LogP contribution >= 0.6 is 0 Å². The summed E-state index contributed by atoms with van der Waals surface area (Å²) in [7, 11) is 1.62. The summed E-state index contributed by atoms with van der Waals surface area (Å²) in [5.74, 6) is 2.70. The van der Waals surface area contributed by atoms with E-state index < -0.39 is 0 Å². The zero-order chi connectivity index (χ0) is 24.7. The van der Waals surface area contributed by atoms with Crippen LogP contribution in [-0.2, 0) is 11.4 Å². The standard InChI is InChI=1S/C25H26N8O3/c1-35-20-7-3-2-5-19(20)14-36-24-11-21(27-15-30-24)31-25(34)18-6-4-9-32(13-18)22-12-23(29-16-28-22)33-10-8-26-17-33/h2-3,5,7-8,10-12,15-18H,4,6,9,13-14H2,1H3,(H,27,30,31,34). The minimum Gasteiger partial charge on any atom is -0.496 e. The van der Waals surface area contributed by atoms with E-state index in [1.54, 1.807) is 25.7 Å². The third kappa shape index (κ3) is 5.40. The first-order valence-corrected chi connectivity index (χ1v) is 11.6. The lowest BCUT2D eigenvalue weighted by Gasteiger charge is -2.32. The van der Waals surface area contributed by atoms with Crippen molar-refractivity contribution in [2.75, 3.05) is 30.4 Å². The number of carbonyl (C=O) groups excluding carboxylic acids is 1. The molecule has 1 amide bonds. The minimum atomic E-state index is -0.210. The van der Waals surface area contributed by atoms with E-state index in [9.17, 15) is 4.79 Å². The molecule has 0 spiro atoms. The minimum absolute atomic E-state index is 0.0991. The number of methoxy groups -OCH3 is 1. The van der Waals surface area contributed by atoms with E-state index in [2.05, 4.69) is 35.1 Å². The van der Waals surface area contributed by atoms with Crippen LogP contribution < -0.4 is 19.7 Å². The third-order valence-corrected chi connectivity index (χ3v) is 5.98. The number of hydrogen-bond acceptors (Lipinski definition) is 9. The fourth-order valence-corrected chi connectivity index (χ4v) is 4.13. The molecule has 0 aliphatic carbocycles. The molecule has 1 aliphatic rings. The van der Waals surface area contributed by atoms with Crippen LogP contribution in [0, 0.1) is 5.92 Å². The van der Waals surface area contributed by atoms with Crippen LogP contribution in [0.3, 0.4) is 0 Å². The van der Waals surface area contributed by atoms with E-state index in [1.807, 2.05) is 41.1 Å². The summed E-state index contributed by atoms with van der Waals surface area (Å²) in [4.78, 5) is 36.3. The van der Waals surface area contributed by atoms with Crippen LogP contribution in [0.25, 0.3) is 5.82 Å². The molecule has 36 heavy (non-hydrogen) atoms. The Labute approximate surface area is 208 Å². The predicted molar refractivity (Wildman–Crippen MR) is 132 cm³/mol. The Morgan fingerprint density at radius 3 is 2.83 bits per heavy atom. The topological polar surface area (TPSA) is 120 Å². The van der Waals surface area contributed by atoms with E-state index in [0.29, 0.717) is 18.2 Å². The Hall–Kier alpha value is -4.54. The van der Waals surface area contributed by atoms with Gasteiger partial charge in [-0.15, -0.1) is 0 Å². The summed E-state index contributed by atoms with van der Waals surface area (Å²) in [6, 6.07) is 11.1. The molecule has 3 aromatic heterocycles. The molecule has 1 atom stereocenters. The Balaban J connectivity index is 1.21. The molecule has 1 saturated heterocycles. The highest BCUT2D eigenvalue weighted by atomic mass is 16.5. The van der Waals surface area contributed by atoms with Gasteiger partial charge in [0.15, 0.2) is 0 Å². The first-order valence-electron chi connectivity index (χ1n) is 11.6. The van der Waals surface area contributed by atoms with E-state index in [1.165, 1.54) is 12.7 Å². The number of rotatable bonds is 8. The number of para-hydroxylation sites is 1. The summed E-state index contributed by atoms with van der Waals surface area (Å²) in [6.07, 6.45) is 9.78. The number of aromatic nitrogens is 6. The van der Waals surface area contributed by atoms with Gasteiger partial charge < -0.3 is 19.7 Å². The van der Waals surface area contributed by atoms with Crippen LogP contribution in [-0.4, -0.2) is 55.6 Å². The lowest BCUT2D eigenvalue weighted by molar-refractivity contribution is -0.120. The fourth-order valence-electron chi connectivity index (χ4n) is 4.13. The highest BCUT2D eigenvalue weighted by molar-refractivity contribution is 5.92. The number of imidazole rings is 1. The molecule has 11 heteroatoms. The summed E-state index contributed by atoms with van der Waals surface area (Å²) in [5.41, 5.74) is 0.896. The lowest BCUT2D eigenvalue weighted by atomic mass is 9.97. The normalized spacial score (nSPS) is 15.4. The molecule has 0 radical (unpaired) electrons. The molecular formula is C25H26N8O3. The summed E-state index contributed by atoms with van der Waals surface area (Å²) >= 11 is 0. The van der Waals surface area contributed by atoms with E-state index >= 15 is 0 Å². The van der Waals surface area contributed by atoms with Gasteiger partial charge in [-0.1, -0.05) is 18.2 Å². The van der Waals surface area contributed by atoms with Gasteiger partial charge in [0.1, 0.15) is 48.8 Å². The van der Waals surface area contributed by atoms with Crippen molar-refractivity contribution in [1.29, 1.82) is 0 Å². The second-order valence-corrected chi connectivity index (χ2v) is 8.32. The van der Waals surface area contributed by atoms with Crippen molar-refractivity contribution in [2.24, 2.45) is 5.92 Å². The lowest BCUT2D eigenvalue weighted by Crippen LogP contribution is -2.41. The summed E-state index contributed by atoms with van der Waals surface area (Å²) < 4.78 is 13.0. The number of piperidine rings is 1. The van der Waals surface area contributed by atoms with Gasteiger partial charge in [-0.3, -0.25) is 9.36 Å². The number of ether oxygens (including phenoxy) is 2. The molecule has 11 nitrogen and oxygen atoms in total. The van der Waals surface area contributed by atoms with Gasteiger partial charge in [-0.25, -0.2) is 24.9 Å². The van der Waals surface area contributed by atoms with E-state index in [-0.39, 0.29) is 18.4 Å². The van der Waals surface area contributed by atoms with Crippen LogP contribution in [0.4, 0.5) is 11.6 Å². The zero-order valence-corrected chi connectivity index (χ0v) is 19.8. The van der Waals surface area contributed by atoms with Gasteiger partial charge in [-0.05, 0) is 18.9 Å². The number of nitrogens with one attached hydrogen (secondary N) is 1. The van der Waals surface area contributed by atoms with E-state index in [0.717, 1.165) is 42.3 Å². The average molecular weight is 487 g/mol. The first kappa shape index (κ1) is 23.2. The Morgan fingerprint density at radius 2 is 1.97 bits per heavy atom. The van der Waals surface area contributed by atoms with Crippen molar-refractivity contribution < 1.29 is 14.3 Å². The largest absolute Gasteiger partial charge is 0.496 e. The second kappa shape index (κ2) is 10.8. The maximum atomic E-state index is 13.1. The number of benzene rings is 1. The van der Waals surface area contributed by atoms with Crippen molar-refractivity contribution in [1.82, 2.24) is 29.5 Å². The van der Waals surface area contributed by atoms with E-state index in [4.69, 9.17) is 9.47 Å². The van der Waals surface area contributed by atoms with Gasteiger partial charge in [0.25, 0.3) is 0 Å². The van der Waals surface area contributed by atoms with Gasteiger partial charge in [0.2, 0.25) is 11.8 Å². The van der Waals surface area contributed by atoms with Crippen LogP contribution in [0.2, 0.25) is 0 Å². The third-order valence-electron chi connectivity index (χ3n) is 5.98. The molecule has 184 valence electrons. The summed E-state index contributed by atoms with van der Waals surface area (Å²) in [6.45, 7) is 1.65. The predicted octanol–water partition coefficient (Wildman–Crippen LogP) is 2.90. The molecular weight excluding hydrogens is 460 g/mol. The SMILES string of the molecule is COc1ccccc1COc1cc(NC(=O)C2CCCN(c3cc(-n4ccnc4)ncn3)C2)ncn1. The number of anilines is 2. The van der Waals surface area contributed by atoms with Crippen LogP contribution in [0.1, 0.15) is 18.4 Å². The molecule has 1 aromatic carbocycles. The van der Waals surface area contributed by atoms with Crippen molar-refractivity contribution in [3.05, 3.63) is 73.3 Å². The number of amides is 1. The number of nitrogens with zero attached hydrogens (tertiary/aromatic N) is 7. The molecule has 0 bridgehead atoms. The van der Waals surface area contributed by atoms with Crippen molar-refractivity contribution in [2.45, 2.75) is 19.4 Å². The molecule has 0 saturated carbocycles. The van der Waals surface area contributed by atoms with Gasteiger partial charge in [-0.2, -0.15) is 0 Å². The first-order chi connectivity index (χ1) is 17.7. The van der Waals surface area contributed by atoms with Crippen molar-refractivity contribution in [3.8, 4) is 17.4 Å². The van der Waals surface area contributed by atoms with Crippen molar-refractivity contribution in [3.63, 3.8) is 0 Å². The van der Waals surface area contributed by atoms with Gasteiger partial charge in [0.05, 0.1) is 13.0 Å². The molecule has 1 fully saturated rings. The van der Waals surface area contributed by atoms with Crippen molar-refractivity contribution >= 4 is 17.5 Å². The Bertz CT molecular complexity index is 1310. The molecule has 4 heterocycles. The zero-order valence-electron chi connectivity index (χ0n) is 19.8. The highest BCUT2D eigenvalue weighted by Crippen LogP contribution is 2.24. The molecule has 4 aromatic rings. The highest BCUT2D eigenvalue weighted by Gasteiger charge is 2.27. The van der Waals surface area contributed by atoms with Gasteiger partial charge >= 0.3 is 0 Å². The maximum absolute atomic E-state index is 13.1. The maximum Gasteiger partial charge on any atom is 0.230 e. The molecule has 1 unspecified atom stereocenters. The Morgan fingerprint density at radius 1 is 1.11 bits per heavy atom. The second-order valence-electron chi connectivity index (χ2n) is 8.32. The quantitative estimate of drug-likeness (QED) is 0.401. The average Bonchev–Trinajstić information content (AvgIpc) is 3.48. The number of hydrogen-bond donors (Lipinski definition) is 1. The Kier molecular flexibility index (Phi) is 6.97. The monoisotopic (exact) mass is 486 g/mol. The molecule has 1 N–H and O–H groups in total. The molecule has 5 rings (SSSR count). The van der Waals surface area contributed by atoms with Crippen LogP contribution in [0.5, 0.6) is 11.6 Å². The van der Waals surface area contributed by atoms with Gasteiger partial charge in [0, 0.05) is 43.2 Å². The number of carbonyl (C=O) groups is 1. The fraction of sp³-hybridized carbons (Fsp3) is 0.280. The van der Waals surface area contributed by atoms with Crippen LogP contribution in [0.15, 0.2) is 67.8 Å². The molecule has 1 aliphatic heterocycles. The summed E-state index contributed by atoms with van der Waals surface area (Å²) in [5, 5.41) is 2.91. The smallest absolute Gasteiger partial charge is 0.230 e.